The van der Waals surface area contributed by atoms with E-state index in [0.29, 0.717) is 44.3 Å². The largest absolute Gasteiger partial charge is 0.573 e. The van der Waals surface area contributed by atoms with Gasteiger partial charge in [-0.2, -0.15) is 0 Å². The van der Waals surface area contributed by atoms with Crippen LogP contribution in [-0.2, 0) is 34.0 Å². The monoisotopic (exact) mass is 688 g/mol. The Labute approximate surface area is 284 Å². The number of carbonyl (C=O) groups excluding carboxylic acids is 3. The molecule has 3 aliphatic rings. The van der Waals surface area contributed by atoms with Gasteiger partial charge in [0.15, 0.2) is 0 Å². The van der Waals surface area contributed by atoms with Crippen LogP contribution >= 0.6 is 0 Å². The summed E-state index contributed by atoms with van der Waals surface area (Å²) in [6, 6.07) is 11.3. The van der Waals surface area contributed by atoms with Crippen LogP contribution in [0.1, 0.15) is 80.9 Å². The van der Waals surface area contributed by atoms with Crippen LogP contribution in [0.5, 0.6) is 5.75 Å². The summed E-state index contributed by atoms with van der Waals surface area (Å²) in [5.74, 6) is -2.31. The molecule has 2 fully saturated rings. The van der Waals surface area contributed by atoms with Gasteiger partial charge in [-0.3, -0.25) is 14.5 Å². The van der Waals surface area contributed by atoms with Crippen molar-refractivity contribution < 1.29 is 47.1 Å². The lowest BCUT2D eigenvalue weighted by Gasteiger charge is -2.30. The van der Waals surface area contributed by atoms with Crippen molar-refractivity contribution in [3.8, 4) is 5.75 Å². The molecule has 0 radical (unpaired) electrons. The fourth-order valence-corrected chi connectivity index (χ4v) is 6.83. The molecule has 0 aromatic heterocycles. The van der Waals surface area contributed by atoms with Crippen molar-refractivity contribution in [2.75, 3.05) is 6.54 Å². The number of nitrogens with zero attached hydrogens (tertiary/aromatic N) is 2. The third-order valence-electron chi connectivity index (χ3n) is 9.39. The molecule has 0 saturated carbocycles. The molecule has 0 spiro atoms. The quantitative estimate of drug-likeness (QED) is 0.332. The van der Waals surface area contributed by atoms with E-state index in [4.69, 9.17) is 4.74 Å². The highest BCUT2D eigenvalue weighted by Crippen LogP contribution is 2.28. The molecule has 0 aliphatic carbocycles. The van der Waals surface area contributed by atoms with E-state index in [1.54, 1.807) is 11.0 Å². The predicted octanol–water partition coefficient (Wildman–Crippen LogP) is 4.19. The molecule has 11 nitrogen and oxygen atoms in total. The predicted molar refractivity (Wildman–Crippen MR) is 174 cm³/mol. The van der Waals surface area contributed by atoms with E-state index < -0.39 is 55.5 Å². The molecular weight excluding hydrogens is 644 g/mol. The van der Waals surface area contributed by atoms with Crippen molar-refractivity contribution in [2.24, 2.45) is 0 Å². The van der Waals surface area contributed by atoms with Crippen LogP contribution in [0.15, 0.2) is 48.5 Å². The van der Waals surface area contributed by atoms with Gasteiger partial charge in [0.1, 0.15) is 17.9 Å². The first kappa shape index (κ1) is 36.5. The molecule has 266 valence electrons. The zero-order chi connectivity index (χ0) is 35.0. The van der Waals surface area contributed by atoms with Gasteiger partial charge in [0, 0.05) is 26.1 Å². The molecule has 2 aromatic rings. The highest BCUT2D eigenvalue weighted by molar-refractivity contribution is 6.43. The van der Waals surface area contributed by atoms with Gasteiger partial charge in [-0.15, -0.1) is 13.2 Å². The van der Waals surface area contributed by atoms with Crippen LogP contribution in [0, 0.1) is 0 Å². The van der Waals surface area contributed by atoms with E-state index in [2.05, 4.69) is 15.4 Å². The second kappa shape index (κ2) is 16.7. The van der Waals surface area contributed by atoms with Gasteiger partial charge in [-0.1, -0.05) is 81.3 Å². The maximum absolute atomic E-state index is 14.3. The number of carbonyl (C=O) groups is 3. The Morgan fingerprint density at radius 2 is 1.59 bits per heavy atom. The number of nitrogens with one attached hydrogen (secondary N) is 2. The second-order valence-electron chi connectivity index (χ2n) is 13.1. The normalized spacial score (nSPS) is 24.2. The van der Waals surface area contributed by atoms with E-state index in [9.17, 15) is 37.6 Å². The number of rotatable bonds is 6. The first-order valence-electron chi connectivity index (χ1n) is 17.0. The molecule has 2 saturated heterocycles. The van der Waals surface area contributed by atoms with Crippen molar-refractivity contribution in [3.63, 3.8) is 0 Å². The molecule has 3 aliphatic heterocycles. The third kappa shape index (κ3) is 10.3. The average Bonchev–Trinajstić information content (AvgIpc) is 3.68. The fourth-order valence-electron chi connectivity index (χ4n) is 6.83. The van der Waals surface area contributed by atoms with Crippen molar-refractivity contribution >= 4 is 25.0 Å². The summed E-state index contributed by atoms with van der Waals surface area (Å²) >= 11 is 0. The zero-order valence-corrected chi connectivity index (χ0v) is 27.4. The smallest absolute Gasteiger partial charge is 0.444 e. The van der Waals surface area contributed by atoms with Crippen LogP contribution in [0.3, 0.4) is 0 Å². The Bertz CT molecular complexity index is 1420. The Morgan fingerprint density at radius 1 is 0.939 bits per heavy atom. The highest BCUT2D eigenvalue weighted by Gasteiger charge is 2.44. The molecule has 1 unspecified atom stereocenters. The van der Waals surface area contributed by atoms with Gasteiger partial charge in [0.05, 0.1) is 18.5 Å². The minimum Gasteiger partial charge on any atom is -0.444 e. The van der Waals surface area contributed by atoms with Crippen molar-refractivity contribution in [1.82, 2.24) is 20.4 Å². The van der Waals surface area contributed by atoms with Gasteiger partial charge in [-0.25, -0.2) is 4.79 Å². The molecule has 0 bridgehead atoms. The van der Waals surface area contributed by atoms with Crippen LogP contribution in [0.2, 0.25) is 0 Å². The Hall–Kier alpha value is -3.82. The van der Waals surface area contributed by atoms with E-state index in [1.165, 1.54) is 23.1 Å². The first-order chi connectivity index (χ1) is 23.5. The van der Waals surface area contributed by atoms with Crippen molar-refractivity contribution in [3.05, 3.63) is 65.2 Å². The lowest BCUT2D eigenvalue weighted by atomic mass is 9.76. The molecule has 4 N–H and O–H groups in total. The van der Waals surface area contributed by atoms with E-state index in [0.717, 1.165) is 43.2 Å². The molecule has 15 heteroatoms. The van der Waals surface area contributed by atoms with Crippen LogP contribution < -0.4 is 15.4 Å². The summed E-state index contributed by atoms with van der Waals surface area (Å²) in [5, 5.41) is 26.0. The maximum atomic E-state index is 14.3. The van der Waals surface area contributed by atoms with Crippen LogP contribution in [0.4, 0.5) is 18.0 Å². The molecule has 5 rings (SSSR count). The summed E-state index contributed by atoms with van der Waals surface area (Å²) in [4.78, 5) is 44.1. The molecule has 3 heterocycles. The van der Waals surface area contributed by atoms with Gasteiger partial charge < -0.3 is 35.1 Å². The number of ether oxygens (including phenoxy) is 2. The highest BCUT2D eigenvalue weighted by atomic mass is 19.4. The minimum atomic E-state index is -4.85. The molecule has 4 atom stereocenters. The maximum Gasteiger partial charge on any atom is 0.573 e. The van der Waals surface area contributed by atoms with Crippen molar-refractivity contribution in [1.29, 1.82) is 0 Å². The third-order valence-corrected chi connectivity index (χ3v) is 9.39. The van der Waals surface area contributed by atoms with Crippen LogP contribution in [-0.4, -0.2) is 81.9 Å². The lowest BCUT2D eigenvalue weighted by molar-refractivity contribution is -0.274. The number of halogens is 3. The number of fused-ring (bicyclic) bond motifs is 2. The van der Waals surface area contributed by atoms with E-state index in [1.807, 2.05) is 24.3 Å². The van der Waals surface area contributed by atoms with Crippen molar-refractivity contribution in [2.45, 2.75) is 114 Å². The average molecular weight is 689 g/mol. The summed E-state index contributed by atoms with van der Waals surface area (Å²) in [6.07, 6.45) is 0.565. The van der Waals surface area contributed by atoms with Gasteiger partial charge in [0.25, 0.3) is 0 Å². The summed E-state index contributed by atoms with van der Waals surface area (Å²) in [6.45, 7) is 0.767. The molecule has 3 amide bonds. The van der Waals surface area contributed by atoms with E-state index in [-0.39, 0.29) is 25.3 Å². The van der Waals surface area contributed by atoms with Gasteiger partial charge in [-0.05, 0) is 41.7 Å². The number of benzene rings is 2. The number of hydrogen-bond acceptors (Lipinski definition) is 8. The zero-order valence-electron chi connectivity index (χ0n) is 27.4. The second-order valence-corrected chi connectivity index (χ2v) is 13.1. The fraction of sp³-hybridized carbons (Fsp3) is 0.559. The summed E-state index contributed by atoms with van der Waals surface area (Å²) in [7, 11) is -1.80. The Balaban J connectivity index is 1.34. The van der Waals surface area contributed by atoms with Gasteiger partial charge >= 0.3 is 19.6 Å². The molecule has 49 heavy (non-hydrogen) atoms. The first-order valence-corrected chi connectivity index (χ1v) is 17.0. The van der Waals surface area contributed by atoms with Gasteiger partial charge in [0.2, 0.25) is 11.8 Å². The molecular formula is C34H44BF3N4O7. The van der Waals surface area contributed by atoms with Crippen LogP contribution in [0.25, 0.3) is 0 Å². The standard InChI is InChI=1S/C34H44BF3N4O7/c36-34(37,38)49-26-14-10-11-23(17-26)19-39-28-15-6-4-2-1-3-5-7-16-30(35(46)47)40-31(43)29-18-27(22-42(29)32(28)44)48-33(45)41-20-24-12-8-9-13-25(24)21-41/h8-14,17,27-30,39,46-47H,1-7,15-16,18-22H2,(H,40,43)/t27-,28?,29+,30-/m1/s1. The summed E-state index contributed by atoms with van der Waals surface area (Å²) in [5.41, 5.74) is 2.50. The lowest BCUT2D eigenvalue weighted by Crippen LogP contribution is -2.56. The number of alkyl halides is 3. The Kier molecular flexibility index (Phi) is 12.4. The Morgan fingerprint density at radius 3 is 2.24 bits per heavy atom. The summed E-state index contributed by atoms with van der Waals surface area (Å²) < 4.78 is 48.4. The topological polar surface area (TPSA) is 141 Å². The number of amides is 3. The molecule has 2 aromatic carbocycles. The SMILES string of the molecule is O=C1N[C@@H](B(O)O)CCCCCCCCCC(NCc2cccc(OC(F)(F)F)c2)C(=O)N2C[C@H](OC(=O)N3Cc4ccccc4C3)C[C@@H]12. The minimum absolute atomic E-state index is 0.0158. The van der Waals surface area contributed by atoms with E-state index >= 15 is 0 Å². The number of hydrogen-bond donors (Lipinski definition) is 4.